The predicted molar refractivity (Wildman–Crippen MR) is 111 cm³/mol. The SMILES string of the molecule is O=C(NC12CC(c3nc(C4CC(OC(F)(F)F)C4)co3)(C1)C2)C1CC(O)c2cc(Cl)ccc2O1. The largest absolute Gasteiger partial charge is 0.522 e. The second kappa shape index (κ2) is 7.35. The molecule has 7 rings (SSSR count). The first-order chi connectivity index (χ1) is 16.0. The van der Waals surface area contributed by atoms with Gasteiger partial charge in [-0.25, -0.2) is 4.98 Å². The molecule has 34 heavy (non-hydrogen) atoms. The summed E-state index contributed by atoms with van der Waals surface area (Å²) < 4.78 is 52.4. The van der Waals surface area contributed by atoms with E-state index >= 15 is 0 Å². The van der Waals surface area contributed by atoms with Crippen LogP contribution >= 0.6 is 11.6 Å². The fourth-order valence-corrected chi connectivity index (χ4v) is 6.06. The molecule has 1 aliphatic heterocycles. The molecule has 2 aromatic rings. The third kappa shape index (κ3) is 3.67. The molecular formula is C23H22ClF3N2O5. The van der Waals surface area contributed by atoms with Crippen LogP contribution in [0.1, 0.15) is 67.7 Å². The number of carbonyl (C=O) groups is 1. The molecule has 4 saturated carbocycles. The highest BCUT2D eigenvalue weighted by Gasteiger charge is 2.71. The van der Waals surface area contributed by atoms with Gasteiger partial charge in [-0.2, -0.15) is 0 Å². The highest BCUT2D eigenvalue weighted by atomic mass is 35.5. The standard InChI is InChI=1S/C23H22ClF3N2O5/c24-12-1-2-17-14(5-12)16(30)6-18(33-17)19(31)29-22-8-21(9-22,10-22)20-28-15(7-32-20)11-3-13(4-11)34-23(25,26)27/h1-2,5,7,11,13,16,18,30H,3-4,6,8-10H2,(H,29,31). The maximum atomic E-state index is 12.9. The summed E-state index contributed by atoms with van der Waals surface area (Å²) in [6, 6.07) is 4.93. The number of benzene rings is 1. The molecule has 182 valence electrons. The van der Waals surface area contributed by atoms with Crippen LogP contribution in [0.25, 0.3) is 0 Å². The smallest absolute Gasteiger partial charge is 0.480 e. The maximum Gasteiger partial charge on any atom is 0.522 e. The average Bonchev–Trinajstić information content (AvgIpc) is 3.14. The Balaban J connectivity index is 1.03. The van der Waals surface area contributed by atoms with Crippen LogP contribution in [-0.4, -0.2) is 40.1 Å². The Bertz CT molecular complexity index is 1130. The Morgan fingerprint density at radius 3 is 2.68 bits per heavy atom. The van der Waals surface area contributed by atoms with E-state index < -0.39 is 24.7 Å². The zero-order chi connectivity index (χ0) is 23.9. The fraction of sp³-hybridized carbons (Fsp3) is 0.565. The van der Waals surface area contributed by atoms with Gasteiger partial charge in [-0.3, -0.25) is 9.53 Å². The number of nitrogens with zero attached hydrogens (tertiary/aromatic N) is 1. The van der Waals surface area contributed by atoms with Gasteiger partial charge in [0.2, 0.25) is 5.89 Å². The van der Waals surface area contributed by atoms with E-state index in [2.05, 4.69) is 15.0 Å². The van der Waals surface area contributed by atoms with Gasteiger partial charge in [-0.05, 0) is 50.3 Å². The van der Waals surface area contributed by atoms with E-state index in [9.17, 15) is 23.1 Å². The van der Waals surface area contributed by atoms with Crippen molar-refractivity contribution in [1.82, 2.24) is 10.3 Å². The lowest BCUT2D eigenvalue weighted by molar-refractivity contribution is -0.351. The van der Waals surface area contributed by atoms with Gasteiger partial charge in [0.1, 0.15) is 12.0 Å². The van der Waals surface area contributed by atoms with Gasteiger partial charge in [-0.1, -0.05) is 11.6 Å². The molecule has 1 amide bonds. The lowest BCUT2D eigenvalue weighted by Gasteiger charge is -2.68. The van der Waals surface area contributed by atoms with Crippen molar-refractivity contribution in [3.05, 3.63) is 46.6 Å². The van der Waals surface area contributed by atoms with Crippen LogP contribution in [0.15, 0.2) is 28.9 Å². The predicted octanol–water partition coefficient (Wildman–Crippen LogP) is 4.29. The minimum absolute atomic E-state index is 0.0986. The monoisotopic (exact) mass is 498 g/mol. The number of alkyl halides is 3. The maximum absolute atomic E-state index is 12.9. The molecule has 0 spiro atoms. The number of aliphatic hydroxyl groups excluding tert-OH is 1. The van der Waals surface area contributed by atoms with Crippen LogP contribution in [0.2, 0.25) is 5.02 Å². The molecule has 4 aliphatic carbocycles. The van der Waals surface area contributed by atoms with Crippen molar-refractivity contribution in [2.75, 3.05) is 0 Å². The van der Waals surface area contributed by atoms with Gasteiger partial charge >= 0.3 is 6.36 Å². The van der Waals surface area contributed by atoms with Gasteiger partial charge in [0.25, 0.3) is 5.91 Å². The van der Waals surface area contributed by atoms with E-state index in [1.54, 1.807) is 18.2 Å². The number of nitrogens with one attached hydrogen (secondary N) is 1. The van der Waals surface area contributed by atoms with Crippen LogP contribution in [0.5, 0.6) is 5.75 Å². The molecule has 2 N–H and O–H groups in total. The Morgan fingerprint density at radius 1 is 1.24 bits per heavy atom. The van der Waals surface area contributed by atoms with Gasteiger partial charge in [0, 0.05) is 28.5 Å². The van der Waals surface area contributed by atoms with Gasteiger partial charge in [-0.15, -0.1) is 13.2 Å². The molecule has 7 nitrogen and oxygen atoms in total. The summed E-state index contributed by atoms with van der Waals surface area (Å²) in [6.45, 7) is 0. The topological polar surface area (TPSA) is 93.8 Å². The Morgan fingerprint density at radius 2 is 1.97 bits per heavy atom. The molecule has 0 saturated heterocycles. The number of ether oxygens (including phenoxy) is 2. The third-order valence-corrected chi connectivity index (χ3v) is 7.77. The molecule has 4 fully saturated rings. The Labute approximate surface area is 197 Å². The first kappa shape index (κ1) is 22.2. The first-order valence-corrected chi connectivity index (χ1v) is 11.6. The van der Waals surface area contributed by atoms with Crippen molar-refractivity contribution in [1.29, 1.82) is 0 Å². The number of aliphatic hydroxyl groups is 1. The summed E-state index contributed by atoms with van der Waals surface area (Å²) in [5.74, 6) is 0.655. The van der Waals surface area contributed by atoms with Crippen molar-refractivity contribution in [3.63, 3.8) is 0 Å². The third-order valence-electron chi connectivity index (χ3n) is 7.54. The van der Waals surface area contributed by atoms with Crippen LogP contribution < -0.4 is 10.1 Å². The number of rotatable bonds is 5. The van der Waals surface area contributed by atoms with Crippen LogP contribution in [0.3, 0.4) is 0 Å². The summed E-state index contributed by atoms with van der Waals surface area (Å²) in [5, 5.41) is 14.0. The zero-order valence-corrected chi connectivity index (χ0v) is 18.7. The number of oxazole rings is 1. The number of fused-ring (bicyclic) bond motifs is 1. The van der Waals surface area contributed by atoms with Crippen molar-refractivity contribution in [2.24, 2.45) is 0 Å². The van der Waals surface area contributed by atoms with Crippen LogP contribution in [-0.2, 0) is 14.9 Å². The highest BCUT2D eigenvalue weighted by molar-refractivity contribution is 6.30. The average molecular weight is 499 g/mol. The number of hydrogen-bond donors (Lipinski definition) is 2. The summed E-state index contributed by atoms with van der Waals surface area (Å²) in [7, 11) is 0. The second-order valence-corrected chi connectivity index (χ2v) is 10.5. The van der Waals surface area contributed by atoms with Gasteiger partial charge in [0.15, 0.2) is 6.10 Å². The minimum Gasteiger partial charge on any atom is -0.480 e. The molecule has 2 unspecified atom stereocenters. The molecule has 1 aromatic carbocycles. The lowest BCUT2D eigenvalue weighted by atomic mass is 9.39. The van der Waals surface area contributed by atoms with E-state index in [0.29, 0.717) is 47.2 Å². The molecule has 2 bridgehead atoms. The molecule has 1 aromatic heterocycles. The summed E-state index contributed by atoms with van der Waals surface area (Å²) in [4.78, 5) is 17.4. The van der Waals surface area contributed by atoms with E-state index in [-0.39, 0.29) is 42.0 Å². The molecule has 0 radical (unpaired) electrons. The molecule has 2 heterocycles. The van der Waals surface area contributed by atoms with Crippen molar-refractivity contribution in [3.8, 4) is 5.75 Å². The Kier molecular flexibility index (Phi) is 4.80. The fourth-order valence-electron chi connectivity index (χ4n) is 5.88. The second-order valence-electron chi connectivity index (χ2n) is 10.1. The number of aromatic nitrogens is 1. The summed E-state index contributed by atoms with van der Waals surface area (Å²) in [6.07, 6.45) is -2.85. The van der Waals surface area contributed by atoms with Crippen molar-refractivity contribution >= 4 is 17.5 Å². The highest BCUT2D eigenvalue weighted by Crippen LogP contribution is 2.67. The molecule has 11 heteroatoms. The summed E-state index contributed by atoms with van der Waals surface area (Å²) in [5.41, 5.74) is 0.641. The van der Waals surface area contributed by atoms with Gasteiger partial charge in [0.05, 0.1) is 23.3 Å². The Hall–Kier alpha value is -2.30. The normalized spacial score (nSPS) is 35.8. The van der Waals surface area contributed by atoms with Crippen molar-refractivity contribution in [2.45, 2.75) is 80.1 Å². The number of hydrogen-bond acceptors (Lipinski definition) is 6. The number of carbonyl (C=O) groups excluding carboxylic acids is 1. The van der Waals surface area contributed by atoms with Crippen LogP contribution in [0, 0.1) is 0 Å². The molecule has 5 aliphatic rings. The van der Waals surface area contributed by atoms with Gasteiger partial charge < -0.3 is 19.6 Å². The first-order valence-electron chi connectivity index (χ1n) is 11.2. The number of halogens is 4. The molecule has 2 atom stereocenters. The van der Waals surface area contributed by atoms with E-state index in [1.165, 1.54) is 6.26 Å². The lowest BCUT2D eigenvalue weighted by Crippen LogP contribution is -2.77. The van der Waals surface area contributed by atoms with E-state index in [1.807, 2.05) is 0 Å². The molecular weight excluding hydrogens is 477 g/mol. The minimum atomic E-state index is -4.62. The van der Waals surface area contributed by atoms with Crippen LogP contribution in [0.4, 0.5) is 13.2 Å². The van der Waals surface area contributed by atoms with E-state index in [0.717, 1.165) is 0 Å². The van der Waals surface area contributed by atoms with Crippen molar-refractivity contribution < 1.29 is 37.0 Å². The van der Waals surface area contributed by atoms with E-state index in [4.69, 9.17) is 20.8 Å². The quantitative estimate of drug-likeness (QED) is 0.639. The zero-order valence-electron chi connectivity index (χ0n) is 17.9. The number of amides is 1. The summed E-state index contributed by atoms with van der Waals surface area (Å²) >= 11 is 5.98.